The lowest BCUT2D eigenvalue weighted by Crippen LogP contribution is -2.68. The molecule has 0 aromatic carbocycles. The fraction of sp³-hybridized carbons (Fsp3) is 0.702. The highest BCUT2D eigenvalue weighted by Crippen LogP contribution is 2.34. The van der Waals surface area contributed by atoms with Gasteiger partial charge >= 0.3 is 29.8 Å². The van der Waals surface area contributed by atoms with E-state index in [1.807, 2.05) is 6.92 Å². The molecule has 0 aromatic heterocycles. The number of carbonyl (C=O) groups excluding carboxylic acids is 20. The number of aliphatic hydroxyl groups is 7. The number of rotatable bonds is 68. The van der Waals surface area contributed by atoms with Crippen LogP contribution in [0.1, 0.15) is 163 Å². The van der Waals surface area contributed by atoms with Gasteiger partial charge in [0.1, 0.15) is 132 Å². The minimum Gasteiger partial charge on any atom is -0.480 e. The van der Waals surface area contributed by atoms with E-state index < -0.39 is 378 Å². The summed E-state index contributed by atoms with van der Waals surface area (Å²) in [5, 5.41) is 138. The summed E-state index contributed by atoms with van der Waals surface area (Å²) in [5.41, 5.74) is 0. The van der Waals surface area contributed by atoms with Crippen LogP contribution in [0.4, 0.5) is 0 Å². The molecule has 788 valence electrons. The monoisotopic (exact) mass is 2010 g/mol. The number of Topliss-reactive ketones (excluding diaryl/α,β-unsaturated/α-hetero) is 7. The smallest absolute Gasteiger partial charge is 0.323 e. The molecule has 0 aromatic rings. The second-order valence-corrected chi connectivity index (χ2v) is 32.4. The maximum absolute atomic E-state index is 12.9. The zero-order valence-electron chi connectivity index (χ0n) is 78.1. The Morgan fingerprint density at radius 1 is 0.329 bits per heavy atom. The Bertz CT molecular complexity index is 4260. The van der Waals surface area contributed by atoms with Crippen molar-refractivity contribution in [3.05, 3.63) is 0 Å². The molecule has 3 saturated heterocycles. The second-order valence-electron chi connectivity index (χ2n) is 32.4. The molecule has 13 amide bonds. The first kappa shape index (κ1) is 124. The molecule has 56 heteroatoms. The number of ether oxygens (including phenoxy) is 6. The van der Waals surface area contributed by atoms with Gasteiger partial charge in [-0.3, -0.25) is 115 Å². The largest absolute Gasteiger partial charge is 0.480 e. The number of nitrogens with one attached hydrogen (secondary N) is 8. The molecule has 5 unspecified atom stereocenters. The van der Waals surface area contributed by atoms with Gasteiger partial charge in [-0.15, -0.1) is 0 Å². The van der Waals surface area contributed by atoms with Crippen LogP contribution in [0.15, 0.2) is 0 Å². The summed E-state index contributed by atoms with van der Waals surface area (Å²) in [4.78, 5) is 307. The van der Waals surface area contributed by atoms with Crippen molar-refractivity contribution < 1.29 is 210 Å². The topological polar surface area (TPSA) is 837 Å². The Balaban J connectivity index is 0.00000111. The third kappa shape index (κ3) is 51.0. The van der Waals surface area contributed by atoms with E-state index >= 15 is 0 Å². The summed E-state index contributed by atoms with van der Waals surface area (Å²) in [6.07, 6.45) is -20.9. The van der Waals surface area contributed by atoms with Gasteiger partial charge in [-0.1, -0.05) is 0 Å². The summed E-state index contributed by atoms with van der Waals surface area (Å²) in [5.74, 6) is -23.1. The minimum atomic E-state index is -1.66. The van der Waals surface area contributed by atoms with Gasteiger partial charge in [0.25, 0.3) is 0 Å². The molecule has 0 bridgehead atoms. The van der Waals surface area contributed by atoms with Gasteiger partial charge < -0.3 is 162 Å². The first-order valence-electron chi connectivity index (χ1n) is 44.6. The van der Waals surface area contributed by atoms with Crippen molar-refractivity contribution in [1.29, 1.82) is 0 Å². The number of amides is 13. The number of ketones is 7. The molecule has 56 nitrogen and oxygen atoms in total. The van der Waals surface area contributed by atoms with Crippen molar-refractivity contribution in [2.75, 3.05) is 131 Å². The number of aliphatic hydroxyl groups excluding tert-OH is 7. The molecule has 3 rings (SSSR count). The number of nitrogens with zero attached hydrogens (tertiary/aromatic N) is 5. The van der Waals surface area contributed by atoms with Gasteiger partial charge in [-0.25, -0.2) is 0 Å². The Morgan fingerprint density at radius 2 is 0.650 bits per heavy atom. The van der Waals surface area contributed by atoms with E-state index in [-0.39, 0.29) is 62.6 Å². The fourth-order valence-electron chi connectivity index (χ4n) is 13.3. The molecular formula is C84H129N13O43. The minimum absolute atomic E-state index is 0.0456. The van der Waals surface area contributed by atoms with Gasteiger partial charge in [-0.2, -0.15) is 0 Å². The van der Waals surface area contributed by atoms with E-state index in [2.05, 4.69) is 42.5 Å². The number of carboxylic acid groups (broad SMARTS) is 5. The summed E-state index contributed by atoms with van der Waals surface area (Å²) in [6, 6.07) is -1.37. The molecule has 3 aliphatic rings. The molecule has 3 heterocycles. The maximum Gasteiger partial charge on any atom is 0.323 e. The van der Waals surface area contributed by atoms with E-state index in [9.17, 15) is 176 Å². The first-order chi connectivity index (χ1) is 65.9. The van der Waals surface area contributed by atoms with Crippen LogP contribution in [-0.2, 0) is 148 Å². The molecule has 0 saturated carbocycles. The third-order valence-electron chi connectivity index (χ3n) is 20.6. The molecule has 140 heavy (non-hydrogen) atoms. The first-order valence-corrected chi connectivity index (χ1v) is 44.6. The molecule has 3 fully saturated rings. The highest BCUT2D eigenvalue weighted by Gasteiger charge is 2.54. The van der Waals surface area contributed by atoms with Crippen LogP contribution >= 0.6 is 0 Å². The Labute approximate surface area is 800 Å². The predicted octanol–water partition coefficient (Wildman–Crippen LogP) is -10.5. The van der Waals surface area contributed by atoms with E-state index in [1.54, 1.807) is 6.92 Å². The van der Waals surface area contributed by atoms with E-state index in [0.29, 0.717) is 76.1 Å². The van der Waals surface area contributed by atoms with Crippen LogP contribution in [0.25, 0.3) is 0 Å². The maximum atomic E-state index is 12.9. The SMILES string of the molecule is CCNC(=O)CCC(=O)CNC(=O)CN(CC(=O)O)C(=O)CCC(=O)CNC(=O)CN(CC(=O)O)C(=O)CCC(=O)CNC(=O)CN(CC(=O)O)C(=O)CCC(=O)CNC(=O)CN(CC(=O)O)C(=O)CCC(=O)CNC(=O)CN(CC(=O)O)C(=O)CCC(C)=O.CCNC(=O)CCCCC(=O)CCCCO[C@@H]1OC(CO)[C@H](O)[C@H](O[C@H]2OC(CO)[C@H](O)[C@H](O)C2NC(C)=O)C1O[C@H]1C[C@@H](O)[C@H](O)C(C)O1. The van der Waals surface area contributed by atoms with Crippen molar-refractivity contribution in [2.24, 2.45) is 0 Å². The fourth-order valence-corrected chi connectivity index (χ4v) is 13.3. The quantitative estimate of drug-likeness (QED) is 0.0251. The summed E-state index contributed by atoms with van der Waals surface area (Å²) >= 11 is 0. The van der Waals surface area contributed by atoms with Gasteiger partial charge in [0.05, 0.1) is 58.1 Å². The summed E-state index contributed by atoms with van der Waals surface area (Å²) < 4.78 is 35.6. The van der Waals surface area contributed by atoms with E-state index in [1.165, 1.54) is 20.8 Å². The molecule has 20 N–H and O–H groups in total. The van der Waals surface area contributed by atoms with E-state index in [0.717, 1.165) is 0 Å². The van der Waals surface area contributed by atoms with Crippen molar-refractivity contribution in [3.8, 4) is 0 Å². The van der Waals surface area contributed by atoms with Gasteiger partial charge in [0, 0.05) is 129 Å². The lowest BCUT2D eigenvalue weighted by molar-refractivity contribution is -0.375. The number of carboxylic acids is 5. The molecule has 0 spiro atoms. The Morgan fingerprint density at radius 3 is 0.979 bits per heavy atom. The molecule has 0 radical (unpaired) electrons. The summed E-state index contributed by atoms with van der Waals surface area (Å²) in [7, 11) is 0. The predicted molar refractivity (Wildman–Crippen MR) is 466 cm³/mol. The van der Waals surface area contributed by atoms with Gasteiger partial charge in [-0.05, 0) is 53.4 Å². The molecule has 3 aliphatic heterocycles. The van der Waals surface area contributed by atoms with Crippen LogP contribution < -0.4 is 42.5 Å². The zero-order chi connectivity index (χ0) is 106. The number of hydrogen-bond acceptors (Lipinski definition) is 38. The Kier molecular flexibility index (Phi) is 58.6. The van der Waals surface area contributed by atoms with Crippen molar-refractivity contribution in [2.45, 2.75) is 249 Å². The van der Waals surface area contributed by atoms with Crippen LogP contribution in [0.2, 0.25) is 0 Å². The number of aliphatic carboxylic acids is 5. The lowest BCUT2D eigenvalue weighted by atomic mass is 9.95. The molecule has 14 atom stereocenters. The Hall–Kier alpha value is -12.4. The number of unbranched alkanes of at least 4 members (excludes halogenated alkanes) is 2. The van der Waals surface area contributed by atoms with Crippen LogP contribution in [0, 0.1) is 0 Å². The average molecular weight is 2010 g/mol. The van der Waals surface area contributed by atoms with Crippen molar-refractivity contribution in [3.63, 3.8) is 0 Å². The highest BCUT2D eigenvalue weighted by molar-refractivity contribution is 5.98. The third-order valence-corrected chi connectivity index (χ3v) is 20.6. The van der Waals surface area contributed by atoms with Gasteiger partial charge in [0.15, 0.2) is 47.8 Å². The number of carbonyl (C=O) groups is 25. The second kappa shape index (κ2) is 66.3. The van der Waals surface area contributed by atoms with Crippen LogP contribution in [0.3, 0.4) is 0 Å². The van der Waals surface area contributed by atoms with Crippen molar-refractivity contribution >= 4 is 147 Å². The number of hydrogen-bond donors (Lipinski definition) is 20. The molecule has 0 aliphatic carbocycles. The average Bonchev–Trinajstić information content (AvgIpc) is 0.771. The van der Waals surface area contributed by atoms with Gasteiger partial charge in [0.2, 0.25) is 76.8 Å². The highest BCUT2D eigenvalue weighted by atomic mass is 16.8. The standard InChI is InChI=1S/C52H73N11O27.C32H56N2O16/c1-3-53-37(70)10-5-32(65)16-54-39(72)22-60(27-49(83)84)44(77)12-7-34(67)18-56-41(74)24-62(29-51(87)88)46(79)14-9-36(69)20-58-42(75)25-63(30-52(89)90)47(80)15-8-35(68)19-57-40(73)23-61(28-50(85)86)45(78)13-6-33(66)17-55-38(71)21-59(26-48(81)82)43(76)11-4-31(2)64;1-4-33-22(40)11-6-5-9-18(38)10-7-8-12-45-32-30(49-23-13-19(39)25(41)16(2)46-23)29(27(43)21(15-36)48-32)50-31-24(34-17(3)37)28(44)26(42)20(14-35)47-31/h3-30H2,1-2H3,(H,53,70)(H,54,72)(H,55,71)(H,56,74)(H,57,73)(H,58,75)(H,81,82)(H,83,84)(H,85,86)(H,87,88)(H,89,90);16,19-21,23-32,35-36,39,41-44H,4-15H2,1-3H3,(H,33,40)(H,34,37)/t;16?,19-,20?,21?,23+,24?,25-,26+,27+,28-,29+,30?,31-,32-/m.1/s1. The normalized spacial score (nSPS) is 20.1. The lowest BCUT2D eigenvalue weighted by Gasteiger charge is -2.49. The zero-order valence-corrected chi connectivity index (χ0v) is 78.1. The van der Waals surface area contributed by atoms with Crippen molar-refractivity contribution in [1.82, 2.24) is 67.0 Å². The van der Waals surface area contributed by atoms with Crippen LogP contribution in [0.5, 0.6) is 0 Å². The van der Waals surface area contributed by atoms with E-state index in [4.69, 9.17) is 33.5 Å². The summed E-state index contributed by atoms with van der Waals surface area (Å²) in [6.45, 7) is -6.21. The molecular weight excluding hydrogens is 1880 g/mol. The van der Waals surface area contributed by atoms with Crippen LogP contribution in [-0.4, -0.2) is 450 Å².